The highest BCUT2D eigenvalue weighted by atomic mass is 16.5. The third-order valence-corrected chi connectivity index (χ3v) is 2.33. The number of hydrogen-bond donors (Lipinski definition) is 2. The Hall–Kier alpha value is -1.55. The van der Waals surface area contributed by atoms with Crippen molar-refractivity contribution in [3.05, 3.63) is 29.3 Å². The average molecular weight is 224 g/mol. The topological polar surface area (TPSA) is 66.8 Å². The predicted molar refractivity (Wildman–Crippen MR) is 59.9 cm³/mol. The van der Waals surface area contributed by atoms with E-state index in [1.54, 1.807) is 19.1 Å². The standard InChI is InChI=1S/C12H16O4/c1-3-9(13)7-16-11-8(2)5-4-6-10(11)12(14)15/h4-6,9,13H,3,7H2,1-2H3,(H,14,15). The lowest BCUT2D eigenvalue weighted by atomic mass is 10.1. The van der Waals surface area contributed by atoms with E-state index in [9.17, 15) is 9.90 Å². The maximum Gasteiger partial charge on any atom is 0.339 e. The molecule has 0 spiro atoms. The Bertz CT molecular complexity index is 373. The number of carboxylic acids is 1. The van der Waals surface area contributed by atoms with Gasteiger partial charge in [0, 0.05) is 0 Å². The second kappa shape index (κ2) is 5.51. The SMILES string of the molecule is CCC(O)COc1c(C)cccc1C(=O)O. The normalized spacial score (nSPS) is 12.2. The third kappa shape index (κ3) is 2.97. The fraction of sp³-hybridized carbons (Fsp3) is 0.417. The van der Waals surface area contributed by atoms with Gasteiger partial charge in [0.15, 0.2) is 0 Å². The number of aliphatic hydroxyl groups excluding tert-OH is 1. The van der Waals surface area contributed by atoms with Crippen molar-refractivity contribution in [2.45, 2.75) is 26.4 Å². The van der Waals surface area contributed by atoms with E-state index in [2.05, 4.69) is 0 Å². The molecule has 0 heterocycles. The molecule has 0 amide bonds. The Balaban J connectivity index is 2.88. The van der Waals surface area contributed by atoms with E-state index in [0.29, 0.717) is 12.2 Å². The molecule has 88 valence electrons. The molecule has 0 aliphatic carbocycles. The fourth-order valence-corrected chi connectivity index (χ4v) is 1.31. The van der Waals surface area contributed by atoms with Crippen LogP contribution in [0.5, 0.6) is 5.75 Å². The van der Waals surface area contributed by atoms with Crippen molar-refractivity contribution >= 4 is 5.97 Å². The van der Waals surface area contributed by atoms with E-state index < -0.39 is 12.1 Å². The largest absolute Gasteiger partial charge is 0.490 e. The third-order valence-electron chi connectivity index (χ3n) is 2.33. The van der Waals surface area contributed by atoms with Crippen LogP contribution in [0.3, 0.4) is 0 Å². The number of ether oxygens (including phenoxy) is 1. The Morgan fingerprint density at radius 1 is 1.50 bits per heavy atom. The second-order valence-electron chi connectivity index (χ2n) is 3.63. The lowest BCUT2D eigenvalue weighted by molar-refractivity contribution is 0.0681. The molecule has 1 rings (SSSR count). The molecule has 0 aromatic heterocycles. The first-order valence-corrected chi connectivity index (χ1v) is 5.20. The number of carboxylic acid groups (broad SMARTS) is 1. The van der Waals surface area contributed by atoms with Crippen molar-refractivity contribution in [2.24, 2.45) is 0 Å². The van der Waals surface area contributed by atoms with Crippen molar-refractivity contribution < 1.29 is 19.7 Å². The molecule has 1 unspecified atom stereocenters. The maximum atomic E-state index is 10.9. The Morgan fingerprint density at radius 3 is 2.75 bits per heavy atom. The van der Waals surface area contributed by atoms with Crippen molar-refractivity contribution in [3.8, 4) is 5.75 Å². The van der Waals surface area contributed by atoms with Crippen molar-refractivity contribution in [3.63, 3.8) is 0 Å². The maximum absolute atomic E-state index is 10.9. The zero-order chi connectivity index (χ0) is 12.1. The fourth-order valence-electron chi connectivity index (χ4n) is 1.31. The van der Waals surface area contributed by atoms with Gasteiger partial charge < -0.3 is 14.9 Å². The molecule has 4 nitrogen and oxygen atoms in total. The van der Waals surface area contributed by atoms with Crippen molar-refractivity contribution in [1.29, 1.82) is 0 Å². The minimum atomic E-state index is -1.02. The quantitative estimate of drug-likeness (QED) is 0.800. The van der Waals surface area contributed by atoms with Gasteiger partial charge in [-0.2, -0.15) is 0 Å². The first-order valence-electron chi connectivity index (χ1n) is 5.20. The van der Waals surface area contributed by atoms with Gasteiger partial charge in [0.2, 0.25) is 0 Å². The number of para-hydroxylation sites is 1. The summed E-state index contributed by atoms with van der Waals surface area (Å²) in [6.45, 7) is 3.73. The summed E-state index contributed by atoms with van der Waals surface area (Å²) in [4.78, 5) is 10.9. The van der Waals surface area contributed by atoms with E-state index in [-0.39, 0.29) is 12.2 Å². The van der Waals surface area contributed by atoms with Crippen LogP contribution >= 0.6 is 0 Å². The van der Waals surface area contributed by atoms with E-state index in [1.807, 2.05) is 6.92 Å². The predicted octanol–water partition coefficient (Wildman–Crippen LogP) is 1.84. The first-order chi connectivity index (χ1) is 7.56. The van der Waals surface area contributed by atoms with E-state index in [1.165, 1.54) is 6.07 Å². The van der Waals surface area contributed by atoms with Crippen LogP contribution in [-0.2, 0) is 0 Å². The minimum absolute atomic E-state index is 0.113. The Labute approximate surface area is 94.5 Å². The molecule has 1 atom stereocenters. The zero-order valence-electron chi connectivity index (χ0n) is 9.43. The summed E-state index contributed by atoms with van der Waals surface area (Å²) in [6.07, 6.45) is 0.00938. The summed E-state index contributed by atoms with van der Waals surface area (Å²) in [6, 6.07) is 4.94. The van der Waals surface area contributed by atoms with E-state index >= 15 is 0 Å². The van der Waals surface area contributed by atoms with Crippen LogP contribution < -0.4 is 4.74 Å². The average Bonchev–Trinajstić information content (AvgIpc) is 2.26. The van der Waals surface area contributed by atoms with Crippen LogP contribution in [0.25, 0.3) is 0 Å². The Morgan fingerprint density at radius 2 is 2.19 bits per heavy atom. The summed E-state index contributed by atoms with van der Waals surface area (Å²) >= 11 is 0. The van der Waals surface area contributed by atoms with Gasteiger partial charge in [-0.25, -0.2) is 4.79 Å². The Kier molecular flexibility index (Phi) is 4.31. The molecule has 1 aromatic carbocycles. The van der Waals surface area contributed by atoms with Crippen molar-refractivity contribution in [1.82, 2.24) is 0 Å². The highest BCUT2D eigenvalue weighted by molar-refractivity contribution is 5.91. The molecule has 0 aliphatic heterocycles. The van der Waals surface area contributed by atoms with Gasteiger partial charge >= 0.3 is 5.97 Å². The molecule has 0 radical (unpaired) electrons. The van der Waals surface area contributed by atoms with Crippen LogP contribution in [0.15, 0.2) is 18.2 Å². The molecule has 2 N–H and O–H groups in total. The number of hydrogen-bond acceptors (Lipinski definition) is 3. The molecule has 0 bridgehead atoms. The van der Waals surface area contributed by atoms with Crippen LogP contribution in [0.2, 0.25) is 0 Å². The van der Waals surface area contributed by atoms with Crippen LogP contribution in [0.1, 0.15) is 29.3 Å². The molecule has 0 fully saturated rings. The summed E-state index contributed by atoms with van der Waals surface area (Å²) in [5.41, 5.74) is 0.881. The second-order valence-corrected chi connectivity index (χ2v) is 3.63. The van der Waals surface area contributed by atoms with Gasteiger partial charge in [0.1, 0.15) is 17.9 Å². The monoisotopic (exact) mass is 224 g/mol. The number of benzene rings is 1. The van der Waals surface area contributed by atoms with Gasteiger partial charge in [0.25, 0.3) is 0 Å². The summed E-state index contributed by atoms with van der Waals surface area (Å²) in [5.74, 6) is -0.688. The molecular weight excluding hydrogens is 208 g/mol. The number of carbonyl (C=O) groups is 1. The van der Waals surface area contributed by atoms with Gasteiger partial charge in [-0.05, 0) is 25.0 Å². The highest BCUT2D eigenvalue weighted by Crippen LogP contribution is 2.23. The zero-order valence-corrected chi connectivity index (χ0v) is 9.43. The molecular formula is C12H16O4. The van der Waals surface area contributed by atoms with Crippen molar-refractivity contribution in [2.75, 3.05) is 6.61 Å². The van der Waals surface area contributed by atoms with Gasteiger partial charge in [0.05, 0.1) is 6.10 Å². The lowest BCUT2D eigenvalue weighted by Gasteiger charge is -2.14. The summed E-state index contributed by atoms with van der Waals surface area (Å²) in [7, 11) is 0. The van der Waals surface area contributed by atoms with Gasteiger partial charge in [-0.1, -0.05) is 19.1 Å². The van der Waals surface area contributed by atoms with Gasteiger partial charge in [-0.3, -0.25) is 0 Å². The molecule has 4 heteroatoms. The summed E-state index contributed by atoms with van der Waals surface area (Å²) in [5, 5.41) is 18.3. The van der Waals surface area contributed by atoms with Crippen LogP contribution in [0, 0.1) is 6.92 Å². The highest BCUT2D eigenvalue weighted by Gasteiger charge is 2.14. The molecule has 16 heavy (non-hydrogen) atoms. The molecule has 0 saturated heterocycles. The number of aromatic carboxylic acids is 1. The van der Waals surface area contributed by atoms with Gasteiger partial charge in [-0.15, -0.1) is 0 Å². The molecule has 1 aromatic rings. The van der Waals surface area contributed by atoms with Crippen LogP contribution in [-0.4, -0.2) is 28.9 Å². The minimum Gasteiger partial charge on any atom is -0.490 e. The smallest absolute Gasteiger partial charge is 0.339 e. The first kappa shape index (κ1) is 12.5. The van der Waals surface area contributed by atoms with E-state index in [0.717, 1.165) is 5.56 Å². The summed E-state index contributed by atoms with van der Waals surface area (Å²) < 4.78 is 5.35. The number of aliphatic hydroxyl groups is 1. The molecule has 0 aliphatic rings. The lowest BCUT2D eigenvalue weighted by Crippen LogP contribution is -2.17. The number of rotatable bonds is 5. The van der Waals surface area contributed by atoms with E-state index in [4.69, 9.17) is 9.84 Å². The number of aryl methyl sites for hydroxylation is 1. The van der Waals surface area contributed by atoms with Crippen LogP contribution in [0.4, 0.5) is 0 Å². The molecule has 0 saturated carbocycles.